The van der Waals surface area contributed by atoms with Gasteiger partial charge in [-0.2, -0.15) is 0 Å². The van der Waals surface area contributed by atoms with Crippen LogP contribution in [-0.2, 0) is 6.54 Å². The number of hydrogen-bond donors (Lipinski definition) is 0. The predicted molar refractivity (Wildman–Crippen MR) is 69.2 cm³/mol. The molecule has 0 N–H and O–H groups in total. The highest BCUT2D eigenvalue weighted by Crippen LogP contribution is 2.10. The Morgan fingerprint density at radius 1 is 1.25 bits per heavy atom. The molecule has 0 unspecified atom stereocenters. The molecule has 16 heavy (non-hydrogen) atoms. The Labute approximate surface area is 106 Å². The van der Waals surface area contributed by atoms with E-state index in [1.54, 1.807) is 11.3 Å². The molecule has 0 saturated carbocycles. The first-order valence-corrected chi connectivity index (χ1v) is 7.19. The maximum absolute atomic E-state index is 5.78. The largest absolute Gasteiger partial charge is 0.301 e. The summed E-state index contributed by atoms with van der Waals surface area (Å²) in [6.45, 7) is 6.66. The van der Waals surface area contributed by atoms with Crippen molar-refractivity contribution in [3.63, 3.8) is 0 Å². The molecule has 1 aliphatic heterocycles. The Balaban J connectivity index is 1.80. The summed E-state index contributed by atoms with van der Waals surface area (Å²) in [5.41, 5.74) is 0. The normalized spacial score (nSPS) is 19.8. The summed E-state index contributed by atoms with van der Waals surface area (Å²) in [7, 11) is 0. The number of alkyl halides is 1. The van der Waals surface area contributed by atoms with Crippen molar-refractivity contribution in [2.24, 2.45) is 0 Å². The number of rotatable bonds is 4. The molecular formula is C11H18ClN3S. The molecule has 90 valence electrons. The number of hydrogen-bond acceptors (Lipinski definition) is 4. The SMILES string of the molecule is ClCCN1CCCN(Cc2nccs2)CC1. The molecule has 1 fully saturated rings. The van der Waals surface area contributed by atoms with Crippen LogP contribution in [0.2, 0.25) is 0 Å². The molecule has 5 heteroatoms. The number of nitrogens with zero attached hydrogens (tertiary/aromatic N) is 3. The fourth-order valence-electron chi connectivity index (χ4n) is 2.05. The monoisotopic (exact) mass is 259 g/mol. The van der Waals surface area contributed by atoms with Crippen LogP contribution in [0.15, 0.2) is 11.6 Å². The quantitative estimate of drug-likeness (QED) is 0.770. The van der Waals surface area contributed by atoms with E-state index < -0.39 is 0 Å². The van der Waals surface area contributed by atoms with Crippen molar-refractivity contribution in [3.05, 3.63) is 16.6 Å². The number of thiazole rings is 1. The van der Waals surface area contributed by atoms with Crippen molar-refractivity contribution in [1.29, 1.82) is 0 Å². The van der Waals surface area contributed by atoms with Crippen LogP contribution in [0.25, 0.3) is 0 Å². The average Bonchev–Trinajstić information content (AvgIpc) is 2.68. The highest BCUT2D eigenvalue weighted by molar-refractivity contribution is 7.09. The minimum absolute atomic E-state index is 0.743. The lowest BCUT2D eigenvalue weighted by atomic mass is 10.4. The lowest BCUT2D eigenvalue weighted by molar-refractivity contribution is 0.258. The van der Waals surface area contributed by atoms with E-state index in [4.69, 9.17) is 11.6 Å². The first-order valence-electron chi connectivity index (χ1n) is 5.77. The van der Waals surface area contributed by atoms with Gasteiger partial charge in [-0.05, 0) is 19.5 Å². The zero-order valence-corrected chi connectivity index (χ0v) is 11.0. The molecular weight excluding hydrogens is 242 g/mol. The summed E-state index contributed by atoms with van der Waals surface area (Å²) in [4.78, 5) is 9.28. The van der Waals surface area contributed by atoms with Crippen LogP contribution < -0.4 is 0 Å². The third-order valence-electron chi connectivity index (χ3n) is 2.92. The molecule has 2 rings (SSSR count). The average molecular weight is 260 g/mol. The van der Waals surface area contributed by atoms with Gasteiger partial charge in [-0.3, -0.25) is 4.90 Å². The highest BCUT2D eigenvalue weighted by Gasteiger charge is 2.14. The second-order valence-corrected chi connectivity index (χ2v) is 5.44. The molecule has 0 aromatic carbocycles. The summed E-state index contributed by atoms with van der Waals surface area (Å²) in [6.07, 6.45) is 3.12. The molecule has 1 aromatic heterocycles. The standard InChI is InChI=1S/C11H18ClN3S/c12-2-6-14-4-1-5-15(8-7-14)10-11-13-3-9-16-11/h3,9H,1-2,4-8,10H2. The van der Waals surface area contributed by atoms with E-state index in [-0.39, 0.29) is 0 Å². The molecule has 1 aliphatic rings. The van der Waals surface area contributed by atoms with Crippen LogP contribution in [-0.4, -0.2) is 53.4 Å². The number of aromatic nitrogens is 1. The smallest absolute Gasteiger partial charge is 0.107 e. The van der Waals surface area contributed by atoms with Crippen LogP contribution in [0.5, 0.6) is 0 Å². The fraction of sp³-hybridized carbons (Fsp3) is 0.727. The molecule has 0 atom stereocenters. The summed E-state index contributed by atoms with van der Waals surface area (Å²) in [5, 5.41) is 3.28. The summed E-state index contributed by atoms with van der Waals surface area (Å²) >= 11 is 7.52. The van der Waals surface area contributed by atoms with Crippen LogP contribution in [0.3, 0.4) is 0 Å². The molecule has 1 saturated heterocycles. The van der Waals surface area contributed by atoms with Gasteiger partial charge in [0.25, 0.3) is 0 Å². The molecule has 0 bridgehead atoms. The first-order chi connectivity index (χ1) is 7.88. The lowest BCUT2D eigenvalue weighted by Crippen LogP contribution is -2.31. The highest BCUT2D eigenvalue weighted by atomic mass is 35.5. The molecule has 1 aromatic rings. The van der Waals surface area contributed by atoms with Gasteiger partial charge in [-0.1, -0.05) is 0 Å². The van der Waals surface area contributed by atoms with Crippen molar-refractivity contribution < 1.29 is 0 Å². The van der Waals surface area contributed by atoms with Gasteiger partial charge in [-0.15, -0.1) is 22.9 Å². The summed E-state index contributed by atoms with van der Waals surface area (Å²) < 4.78 is 0. The van der Waals surface area contributed by atoms with Gasteiger partial charge in [-0.25, -0.2) is 4.98 Å². The van der Waals surface area contributed by atoms with Crippen LogP contribution in [0.1, 0.15) is 11.4 Å². The van der Waals surface area contributed by atoms with Gasteiger partial charge >= 0.3 is 0 Å². The molecule has 3 nitrogen and oxygen atoms in total. The van der Waals surface area contributed by atoms with E-state index in [1.165, 1.54) is 24.5 Å². The fourth-order valence-corrected chi connectivity index (χ4v) is 2.94. The summed E-state index contributed by atoms with van der Waals surface area (Å²) in [5.74, 6) is 0.743. The van der Waals surface area contributed by atoms with Crippen LogP contribution in [0, 0.1) is 0 Å². The van der Waals surface area contributed by atoms with E-state index in [2.05, 4.69) is 14.8 Å². The van der Waals surface area contributed by atoms with Gasteiger partial charge in [0.1, 0.15) is 5.01 Å². The van der Waals surface area contributed by atoms with E-state index in [0.717, 1.165) is 32.1 Å². The van der Waals surface area contributed by atoms with E-state index in [0.29, 0.717) is 0 Å². The predicted octanol–water partition coefficient (Wildman–Crippen LogP) is 1.89. The second-order valence-electron chi connectivity index (χ2n) is 4.09. The van der Waals surface area contributed by atoms with Crippen LogP contribution in [0.4, 0.5) is 0 Å². The first kappa shape index (κ1) is 12.3. The zero-order valence-electron chi connectivity index (χ0n) is 9.44. The second kappa shape index (κ2) is 6.55. The Bertz CT molecular complexity index is 291. The Hall–Kier alpha value is -0.160. The third kappa shape index (κ3) is 3.70. The van der Waals surface area contributed by atoms with E-state index >= 15 is 0 Å². The van der Waals surface area contributed by atoms with Gasteiger partial charge in [0.2, 0.25) is 0 Å². The van der Waals surface area contributed by atoms with Gasteiger partial charge in [0.05, 0.1) is 6.54 Å². The lowest BCUT2D eigenvalue weighted by Gasteiger charge is -2.20. The minimum Gasteiger partial charge on any atom is -0.301 e. The molecule has 0 amide bonds. The maximum atomic E-state index is 5.78. The Morgan fingerprint density at radius 3 is 2.81 bits per heavy atom. The number of halogens is 1. The summed E-state index contributed by atoms with van der Waals surface area (Å²) in [6, 6.07) is 0. The minimum atomic E-state index is 0.743. The van der Waals surface area contributed by atoms with Gasteiger partial charge in [0, 0.05) is 37.1 Å². The van der Waals surface area contributed by atoms with E-state index in [9.17, 15) is 0 Å². The molecule has 2 heterocycles. The van der Waals surface area contributed by atoms with Crippen molar-refractivity contribution in [2.45, 2.75) is 13.0 Å². The Morgan fingerprint density at radius 2 is 2.06 bits per heavy atom. The van der Waals surface area contributed by atoms with Crippen molar-refractivity contribution in [3.8, 4) is 0 Å². The topological polar surface area (TPSA) is 19.4 Å². The molecule has 0 aliphatic carbocycles. The van der Waals surface area contributed by atoms with Crippen molar-refractivity contribution in [1.82, 2.24) is 14.8 Å². The van der Waals surface area contributed by atoms with Gasteiger partial charge < -0.3 is 4.90 Å². The van der Waals surface area contributed by atoms with Crippen LogP contribution >= 0.6 is 22.9 Å². The molecule has 0 radical (unpaired) electrons. The Kier molecular flexibility index (Phi) is 5.03. The maximum Gasteiger partial charge on any atom is 0.107 e. The van der Waals surface area contributed by atoms with E-state index in [1.807, 2.05) is 11.6 Å². The van der Waals surface area contributed by atoms with Crippen molar-refractivity contribution >= 4 is 22.9 Å². The molecule has 0 spiro atoms. The van der Waals surface area contributed by atoms with Crippen molar-refractivity contribution in [2.75, 3.05) is 38.6 Å². The van der Waals surface area contributed by atoms with Gasteiger partial charge in [0.15, 0.2) is 0 Å². The third-order valence-corrected chi connectivity index (χ3v) is 3.86. The zero-order chi connectivity index (χ0) is 11.2.